The average molecular weight is 405 g/mol. The van der Waals surface area contributed by atoms with Gasteiger partial charge in [-0.1, -0.05) is 49.8 Å². The minimum atomic E-state index is -0.233. The van der Waals surface area contributed by atoms with Crippen LogP contribution in [0.5, 0.6) is 0 Å². The van der Waals surface area contributed by atoms with E-state index in [2.05, 4.69) is 38.2 Å². The SMILES string of the molecule is COC1C=CC2C(C3CC=C(C4=C(Cl)C=CCC4C)S3)=CC(=O)OC2C1C. The van der Waals surface area contributed by atoms with Crippen LogP contribution < -0.4 is 0 Å². The third-order valence-corrected chi connectivity index (χ3v) is 7.74. The second kappa shape index (κ2) is 7.65. The van der Waals surface area contributed by atoms with Crippen LogP contribution in [0.1, 0.15) is 26.7 Å². The van der Waals surface area contributed by atoms with Crippen molar-refractivity contribution in [2.75, 3.05) is 7.11 Å². The molecule has 0 N–H and O–H groups in total. The number of hydrogen-bond donors (Lipinski definition) is 0. The fourth-order valence-corrected chi connectivity index (χ4v) is 6.45. The zero-order valence-corrected chi connectivity index (χ0v) is 17.4. The van der Waals surface area contributed by atoms with Crippen molar-refractivity contribution in [2.24, 2.45) is 17.8 Å². The average Bonchev–Trinajstić information content (AvgIpc) is 3.11. The van der Waals surface area contributed by atoms with Crippen molar-refractivity contribution < 1.29 is 14.3 Å². The van der Waals surface area contributed by atoms with Gasteiger partial charge in [0.1, 0.15) is 6.10 Å². The Hall–Kier alpha value is -1.23. The predicted octanol–water partition coefficient (Wildman–Crippen LogP) is 5.15. The first kappa shape index (κ1) is 19.1. The first-order valence-corrected chi connectivity index (χ1v) is 10.8. The molecule has 4 rings (SSSR count). The number of halogens is 1. The van der Waals surface area contributed by atoms with Crippen molar-refractivity contribution in [3.8, 4) is 0 Å². The summed E-state index contributed by atoms with van der Waals surface area (Å²) in [4.78, 5) is 13.5. The Labute approximate surface area is 170 Å². The van der Waals surface area contributed by atoms with E-state index in [-0.39, 0.29) is 35.3 Å². The van der Waals surface area contributed by atoms with Gasteiger partial charge in [-0.05, 0) is 36.0 Å². The predicted molar refractivity (Wildman–Crippen MR) is 110 cm³/mol. The van der Waals surface area contributed by atoms with Gasteiger partial charge in [-0.2, -0.15) is 0 Å². The summed E-state index contributed by atoms with van der Waals surface area (Å²) in [7, 11) is 1.70. The molecule has 0 radical (unpaired) electrons. The summed E-state index contributed by atoms with van der Waals surface area (Å²) >= 11 is 8.34. The van der Waals surface area contributed by atoms with Gasteiger partial charge in [0.15, 0.2) is 0 Å². The maximum Gasteiger partial charge on any atom is 0.331 e. The number of ether oxygens (including phenoxy) is 2. The molecule has 0 amide bonds. The molecule has 0 spiro atoms. The highest BCUT2D eigenvalue weighted by Crippen LogP contribution is 2.49. The number of thioether (sulfide) groups is 1. The Morgan fingerprint density at radius 2 is 2.07 bits per heavy atom. The highest BCUT2D eigenvalue weighted by Gasteiger charge is 2.43. The summed E-state index contributed by atoms with van der Waals surface area (Å²) in [5, 5.41) is 1.10. The van der Waals surface area contributed by atoms with Crippen LogP contribution in [0.15, 0.2) is 57.5 Å². The van der Waals surface area contributed by atoms with Crippen molar-refractivity contribution in [3.63, 3.8) is 0 Å². The van der Waals surface area contributed by atoms with E-state index in [1.807, 2.05) is 17.8 Å². The molecule has 0 aromatic carbocycles. The lowest BCUT2D eigenvalue weighted by Crippen LogP contribution is -2.45. The van der Waals surface area contributed by atoms with Gasteiger partial charge >= 0.3 is 5.97 Å². The van der Waals surface area contributed by atoms with E-state index in [1.165, 1.54) is 16.1 Å². The van der Waals surface area contributed by atoms with Gasteiger partial charge in [0.25, 0.3) is 0 Å². The van der Waals surface area contributed by atoms with E-state index >= 15 is 0 Å². The fraction of sp³-hybridized carbons (Fsp3) is 0.500. The van der Waals surface area contributed by atoms with Gasteiger partial charge in [0.2, 0.25) is 0 Å². The molecule has 2 heterocycles. The summed E-state index contributed by atoms with van der Waals surface area (Å²) in [5.74, 6) is 0.457. The van der Waals surface area contributed by atoms with Crippen LogP contribution in [-0.4, -0.2) is 30.5 Å². The number of esters is 1. The van der Waals surface area contributed by atoms with Crippen LogP contribution >= 0.6 is 23.4 Å². The smallest absolute Gasteiger partial charge is 0.331 e. The lowest BCUT2D eigenvalue weighted by molar-refractivity contribution is -0.152. The monoisotopic (exact) mass is 404 g/mol. The molecule has 0 aromatic rings. The third-order valence-electron chi connectivity index (χ3n) is 6.02. The van der Waals surface area contributed by atoms with E-state index in [9.17, 15) is 4.79 Å². The largest absolute Gasteiger partial charge is 0.458 e. The van der Waals surface area contributed by atoms with Crippen LogP contribution in [0.3, 0.4) is 0 Å². The molecule has 144 valence electrons. The normalized spacial score (nSPS) is 38.4. The molecule has 0 bridgehead atoms. The van der Waals surface area contributed by atoms with Crippen molar-refractivity contribution >= 4 is 29.3 Å². The number of methoxy groups -OCH3 is 1. The van der Waals surface area contributed by atoms with Crippen molar-refractivity contribution in [1.29, 1.82) is 0 Å². The molecule has 2 aliphatic heterocycles. The summed E-state index contributed by atoms with van der Waals surface area (Å²) < 4.78 is 11.2. The molecule has 27 heavy (non-hydrogen) atoms. The maximum atomic E-state index is 12.3. The molecule has 4 aliphatic rings. The molecule has 2 aliphatic carbocycles. The minimum absolute atomic E-state index is 0.0119. The topological polar surface area (TPSA) is 35.5 Å². The first-order valence-electron chi connectivity index (χ1n) is 9.56. The maximum absolute atomic E-state index is 12.3. The molecule has 0 saturated heterocycles. The molecule has 0 aromatic heterocycles. The number of allylic oxidation sites excluding steroid dienone is 5. The zero-order valence-electron chi connectivity index (χ0n) is 15.9. The Balaban J connectivity index is 1.58. The van der Waals surface area contributed by atoms with Gasteiger partial charge < -0.3 is 9.47 Å². The summed E-state index contributed by atoms with van der Waals surface area (Å²) in [6, 6.07) is 0. The van der Waals surface area contributed by atoms with Crippen LogP contribution in [-0.2, 0) is 14.3 Å². The zero-order chi connectivity index (χ0) is 19.1. The standard InChI is InChI=1S/C22H25ClO3S/c1-12-5-4-6-16(23)21(12)19-10-9-18(27-19)15-11-20(24)26-22-13(2)17(25-3)8-7-14(15)22/h4,6-8,10-14,17-18,22H,5,9H2,1-3H3. The molecule has 6 unspecified atom stereocenters. The summed E-state index contributed by atoms with van der Waals surface area (Å²) in [5.41, 5.74) is 2.41. The van der Waals surface area contributed by atoms with Crippen molar-refractivity contribution in [1.82, 2.24) is 0 Å². The van der Waals surface area contributed by atoms with Crippen LogP contribution in [0.25, 0.3) is 0 Å². The van der Waals surface area contributed by atoms with Crippen molar-refractivity contribution in [3.05, 3.63) is 57.5 Å². The molecule has 0 fully saturated rings. The van der Waals surface area contributed by atoms with Gasteiger partial charge in [-0.15, -0.1) is 11.8 Å². The molecular formula is C22H25ClO3S. The Morgan fingerprint density at radius 1 is 1.26 bits per heavy atom. The number of fused-ring (bicyclic) bond motifs is 1. The van der Waals surface area contributed by atoms with Gasteiger partial charge in [-0.25, -0.2) is 4.79 Å². The summed E-state index contributed by atoms with van der Waals surface area (Å²) in [6.45, 7) is 4.32. The number of rotatable bonds is 3. The molecule has 5 heteroatoms. The van der Waals surface area contributed by atoms with Crippen LogP contribution in [0.4, 0.5) is 0 Å². The second-order valence-corrected chi connectivity index (χ2v) is 9.38. The van der Waals surface area contributed by atoms with Crippen LogP contribution in [0, 0.1) is 17.8 Å². The minimum Gasteiger partial charge on any atom is -0.458 e. The second-order valence-electron chi connectivity index (χ2n) is 7.73. The highest BCUT2D eigenvalue weighted by atomic mass is 35.5. The van der Waals surface area contributed by atoms with E-state index in [0.29, 0.717) is 5.92 Å². The fourth-order valence-electron chi connectivity index (χ4n) is 4.53. The van der Waals surface area contributed by atoms with E-state index in [1.54, 1.807) is 13.2 Å². The molecule has 0 saturated carbocycles. The molecule has 3 nitrogen and oxygen atoms in total. The number of carbonyl (C=O) groups excluding carboxylic acids is 1. The van der Waals surface area contributed by atoms with Gasteiger partial charge in [0, 0.05) is 40.2 Å². The highest BCUT2D eigenvalue weighted by molar-refractivity contribution is 8.04. The Morgan fingerprint density at radius 3 is 2.81 bits per heavy atom. The van der Waals surface area contributed by atoms with E-state index < -0.39 is 0 Å². The van der Waals surface area contributed by atoms with Crippen LogP contribution in [0.2, 0.25) is 0 Å². The molecule has 6 atom stereocenters. The van der Waals surface area contributed by atoms with E-state index in [4.69, 9.17) is 21.1 Å². The lowest BCUT2D eigenvalue weighted by atomic mass is 9.76. The van der Waals surface area contributed by atoms with Gasteiger partial charge in [-0.3, -0.25) is 0 Å². The Kier molecular flexibility index (Phi) is 5.41. The third kappa shape index (κ3) is 3.48. The summed E-state index contributed by atoms with van der Waals surface area (Å²) in [6.07, 6.45) is 14.2. The lowest BCUT2D eigenvalue weighted by Gasteiger charge is -2.40. The number of carbonyl (C=O) groups is 1. The van der Waals surface area contributed by atoms with Crippen molar-refractivity contribution in [2.45, 2.75) is 44.1 Å². The number of hydrogen-bond acceptors (Lipinski definition) is 4. The quantitative estimate of drug-likeness (QED) is 0.481. The van der Waals surface area contributed by atoms with E-state index in [0.717, 1.165) is 17.9 Å². The Bertz CT molecular complexity index is 791. The van der Waals surface area contributed by atoms with Gasteiger partial charge in [0.05, 0.1) is 6.10 Å². The first-order chi connectivity index (χ1) is 13.0. The molecular weight excluding hydrogens is 380 g/mol.